The highest BCUT2D eigenvalue weighted by molar-refractivity contribution is 5.91. The van der Waals surface area contributed by atoms with Gasteiger partial charge in [0.15, 0.2) is 0 Å². The molecule has 620 valence electrons. The molecule has 4 aromatic heterocycles. The Bertz CT molecular complexity index is 3430. The van der Waals surface area contributed by atoms with Gasteiger partial charge in [0.05, 0.1) is 26.4 Å². The minimum absolute atomic E-state index is 0.0349. The van der Waals surface area contributed by atoms with Crippen molar-refractivity contribution >= 4 is 96.2 Å². The minimum atomic E-state index is -1.96. The molecule has 0 saturated carbocycles. The quantitative estimate of drug-likeness (QED) is 0.0170. The van der Waals surface area contributed by atoms with Gasteiger partial charge >= 0.3 is 72.4 Å². The zero-order valence-corrected chi connectivity index (χ0v) is 64.0. The third-order valence-electron chi connectivity index (χ3n) is 14.6. The summed E-state index contributed by atoms with van der Waals surface area (Å²) in [4.78, 5) is 221. The first kappa shape index (κ1) is 93.8. The highest BCUT2D eigenvalue weighted by Crippen LogP contribution is 2.15. The van der Waals surface area contributed by atoms with Gasteiger partial charge in [-0.3, -0.25) is 60.4 Å². The maximum Gasteiger partial charge on any atom is 0.408 e. The summed E-state index contributed by atoms with van der Waals surface area (Å²) >= 11 is 0. The van der Waals surface area contributed by atoms with Gasteiger partial charge in [-0.2, -0.15) is 0 Å². The van der Waals surface area contributed by atoms with E-state index in [9.17, 15) is 76.7 Å². The molecule has 0 saturated heterocycles. The number of carbonyl (C=O) groups excluding carboxylic acids is 12. The predicted octanol–water partition coefficient (Wildman–Crippen LogP) is 3.70. The average Bonchev–Trinajstić information content (AvgIpc) is 0.863. The number of nitrogens with one attached hydrogen (secondary N) is 16. The van der Waals surface area contributed by atoms with Gasteiger partial charge in [0, 0.05) is 99.4 Å². The van der Waals surface area contributed by atoms with E-state index in [1.807, 2.05) is 0 Å². The summed E-state index contributed by atoms with van der Waals surface area (Å²) < 4.78 is 40.7. The number of alkyl carbamates (subject to hydrolysis) is 4. The number of H-pyrrole nitrogens is 4. The summed E-state index contributed by atoms with van der Waals surface area (Å²) in [6.07, 6.45) is -2.09. The zero-order chi connectivity index (χ0) is 82.6. The van der Waals surface area contributed by atoms with Crippen LogP contribution >= 0.6 is 0 Å². The largest absolute Gasteiger partial charge is 0.463 e. The number of urea groups is 4. The van der Waals surface area contributed by atoms with Gasteiger partial charge in [-0.05, 0) is 107 Å². The second-order valence-electron chi connectivity index (χ2n) is 24.1. The van der Waals surface area contributed by atoms with Gasteiger partial charge in [-0.15, -0.1) is 0 Å². The molecule has 0 spiro atoms. The van der Waals surface area contributed by atoms with Crippen molar-refractivity contribution in [3.63, 3.8) is 0 Å². The van der Waals surface area contributed by atoms with Crippen LogP contribution in [0, 0.1) is 27.7 Å². The second kappa shape index (κ2) is 54.2. The molecule has 0 aliphatic rings. The van der Waals surface area contributed by atoms with Crippen LogP contribution in [0.4, 0.5) is 62.1 Å². The molecular weight excluding hydrogens is 1480 g/mol. The van der Waals surface area contributed by atoms with E-state index >= 15 is 0 Å². The van der Waals surface area contributed by atoms with Crippen molar-refractivity contribution in [2.75, 3.05) is 100 Å². The summed E-state index contributed by atoms with van der Waals surface area (Å²) in [6.45, 7) is 14.0. The molecule has 4 rings (SSSR count). The van der Waals surface area contributed by atoms with Crippen molar-refractivity contribution in [2.45, 2.75) is 183 Å². The Balaban J connectivity index is 0.000000580. The number of carbonyl (C=O) groups is 12. The van der Waals surface area contributed by atoms with E-state index in [-0.39, 0.29) is 98.6 Å². The number of hydrogen-bond acceptors (Lipinski definition) is 28. The SMILES string of the molecule is CCOC(=O)[C@H](OC(=O)NCCCCCCNC(=O)Nc1nc(C)cc(=O)[nH]1)[C@@H](OC(=O)NCCCCCCNC(=O)Nc1nc(C)cc(=O)[nH]1)C(=O)OCC.CCOC(=O)[C@H](OC(=O)NCCCCCCNC(=O)Nc1nc(C)cc(=O)[nH]1)[C@@H](OC(=O)NCCCCCCNC(=O)Nc1nc(C)cc(=O)[nH]1)C(=O)OCC. The van der Waals surface area contributed by atoms with E-state index in [1.165, 1.54) is 52.0 Å². The summed E-state index contributed by atoms with van der Waals surface area (Å²) in [7, 11) is 0. The van der Waals surface area contributed by atoms with Gasteiger partial charge in [0.2, 0.25) is 48.2 Å². The molecule has 0 radical (unpaired) electrons. The van der Waals surface area contributed by atoms with Crippen LogP contribution in [0.3, 0.4) is 0 Å². The smallest absolute Gasteiger partial charge is 0.408 e. The van der Waals surface area contributed by atoms with Gasteiger partial charge in [0.1, 0.15) is 0 Å². The Morgan fingerprint density at radius 1 is 0.286 bits per heavy atom. The summed E-state index contributed by atoms with van der Waals surface area (Å²) in [5.41, 5.74) is 0.286. The standard InChI is InChI=1S/2C34H52N10O12/c2*1-5-53-27(47)25(55-33(51)37-17-13-9-7-11-15-35-31(49)43-29-39-21(3)19-23(45)41-29)26(28(48)54-6-2)56-34(52)38-18-14-10-8-12-16-36-32(50)44-30-40-22(4)20-24(46)42-30/h2*19-20,25-26H,5-18H2,1-4H3,(H,37,51)(H,38,52)(H3,35,39,41,43,45,49)(H3,36,40,42,44,46,50)/t2*25-,26-/m11/s1. The Hall–Kier alpha value is -12.4. The van der Waals surface area contributed by atoms with Crippen LogP contribution in [-0.2, 0) is 57.1 Å². The van der Waals surface area contributed by atoms with E-state index in [0.29, 0.717) is 152 Å². The number of aryl methyl sites for hydroxylation is 4. The first-order valence-electron chi connectivity index (χ1n) is 36.6. The molecule has 44 nitrogen and oxygen atoms in total. The molecule has 0 aliphatic heterocycles. The molecule has 44 heteroatoms. The number of aromatic nitrogens is 8. The molecule has 112 heavy (non-hydrogen) atoms. The summed E-state index contributed by atoms with van der Waals surface area (Å²) in [5, 5.41) is 30.3. The number of hydrogen-bond donors (Lipinski definition) is 16. The van der Waals surface area contributed by atoms with Crippen LogP contribution < -0.4 is 86.0 Å². The van der Waals surface area contributed by atoms with Crippen molar-refractivity contribution in [1.82, 2.24) is 82.4 Å². The van der Waals surface area contributed by atoms with Crippen LogP contribution in [0.5, 0.6) is 0 Å². The second-order valence-corrected chi connectivity index (χ2v) is 24.1. The molecule has 12 amide bonds. The lowest BCUT2D eigenvalue weighted by Gasteiger charge is -2.24. The number of amides is 12. The molecule has 0 aromatic carbocycles. The van der Waals surface area contributed by atoms with Crippen LogP contribution in [0.15, 0.2) is 43.4 Å². The number of rotatable bonds is 46. The molecule has 0 unspecified atom stereocenters. The first-order valence-corrected chi connectivity index (χ1v) is 36.6. The van der Waals surface area contributed by atoms with Crippen molar-refractivity contribution in [3.8, 4) is 0 Å². The lowest BCUT2D eigenvalue weighted by Crippen LogP contribution is -2.50. The maximum absolute atomic E-state index is 12.8. The van der Waals surface area contributed by atoms with Crippen LogP contribution in [0.25, 0.3) is 0 Å². The lowest BCUT2D eigenvalue weighted by molar-refractivity contribution is -0.172. The van der Waals surface area contributed by atoms with Crippen molar-refractivity contribution in [3.05, 3.63) is 88.5 Å². The molecule has 16 N–H and O–H groups in total. The fourth-order valence-corrected chi connectivity index (χ4v) is 9.60. The normalized spacial score (nSPS) is 11.6. The van der Waals surface area contributed by atoms with E-state index in [2.05, 4.69) is 104 Å². The number of anilines is 4. The molecule has 4 aromatic rings. The minimum Gasteiger partial charge on any atom is -0.463 e. The lowest BCUT2D eigenvalue weighted by atomic mass is 10.2. The van der Waals surface area contributed by atoms with Crippen LogP contribution in [0.2, 0.25) is 0 Å². The fraction of sp³-hybridized carbons (Fsp3) is 0.588. The number of nitrogens with zero attached hydrogens (tertiary/aromatic N) is 4. The van der Waals surface area contributed by atoms with E-state index in [1.54, 1.807) is 27.7 Å². The van der Waals surface area contributed by atoms with Crippen LogP contribution in [0.1, 0.15) is 153 Å². The average molecular weight is 1590 g/mol. The molecule has 0 aliphatic carbocycles. The Kier molecular flexibility index (Phi) is 45.4. The molecule has 4 atom stereocenters. The molecular formula is C68H104N20O24. The molecule has 0 fully saturated rings. The number of esters is 4. The Labute approximate surface area is 642 Å². The predicted molar refractivity (Wildman–Crippen MR) is 400 cm³/mol. The van der Waals surface area contributed by atoms with E-state index in [4.69, 9.17) is 37.9 Å². The maximum atomic E-state index is 12.8. The Morgan fingerprint density at radius 2 is 0.455 bits per heavy atom. The topological polar surface area (TPSA) is 606 Å². The highest BCUT2D eigenvalue weighted by atomic mass is 16.7. The van der Waals surface area contributed by atoms with E-state index < -0.39 is 96.8 Å². The monoisotopic (exact) mass is 1580 g/mol. The van der Waals surface area contributed by atoms with Crippen molar-refractivity contribution in [1.29, 1.82) is 0 Å². The third-order valence-corrected chi connectivity index (χ3v) is 14.6. The van der Waals surface area contributed by atoms with Gasteiger partial charge in [-0.25, -0.2) is 77.5 Å². The van der Waals surface area contributed by atoms with Gasteiger partial charge in [-0.1, -0.05) is 51.4 Å². The summed E-state index contributed by atoms with van der Waals surface area (Å²) in [5.74, 6) is -4.36. The first-order chi connectivity index (χ1) is 53.6. The van der Waals surface area contributed by atoms with E-state index in [0.717, 1.165) is 0 Å². The highest BCUT2D eigenvalue weighted by Gasteiger charge is 2.44. The Morgan fingerprint density at radius 3 is 0.616 bits per heavy atom. The zero-order valence-electron chi connectivity index (χ0n) is 64.0. The van der Waals surface area contributed by atoms with Gasteiger partial charge in [0.25, 0.3) is 22.2 Å². The van der Waals surface area contributed by atoms with Crippen molar-refractivity contribution < 1.29 is 95.4 Å². The van der Waals surface area contributed by atoms with Crippen molar-refractivity contribution in [2.24, 2.45) is 0 Å². The number of unbranched alkanes of at least 4 members (excludes halogenated alkanes) is 12. The molecule has 4 heterocycles. The third kappa shape index (κ3) is 41.8. The van der Waals surface area contributed by atoms with Crippen LogP contribution in [-0.4, -0.2) is 215 Å². The summed E-state index contributed by atoms with van der Waals surface area (Å²) in [6, 6.07) is 3.09. The number of ether oxygens (including phenoxy) is 8. The fourth-order valence-electron chi connectivity index (χ4n) is 9.60. The van der Waals surface area contributed by atoms with Gasteiger partial charge < -0.3 is 80.4 Å². The molecule has 0 bridgehead atoms. The number of aromatic amines is 4.